The Kier molecular flexibility index (Phi) is 1.91. The first-order valence-electron chi connectivity index (χ1n) is 3.54. The predicted molar refractivity (Wildman–Crippen MR) is 38.1 cm³/mol. The van der Waals surface area contributed by atoms with Crippen molar-refractivity contribution in [2.75, 3.05) is 0 Å². The minimum atomic E-state index is -0.113. The largest absolute Gasteiger partial charge is 0.393 e. The summed E-state index contributed by atoms with van der Waals surface area (Å²) in [6.07, 6.45) is 3.64. The van der Waals surface area contributed by atoms with Crippen LogP contribution in [0, 0.1) is 11.8 Å². The Bertz CT molecular complexity index is 109. The summed E-state index contributed by atoms with van der Waals surface area (Å²) in [5, 5.41) is 9.29. The van der Waals surface area contributed by atoms with Gasteiger partial charge >= 0.3 is 0 Å². The molecule has 0 aromatic carbocycles. The van der Waals surface area contributed by atoms with Crippen LogP contribution >= 0.6 is 0 Å². The van der Waals surface area contributed by atoms with Gasteiger partial charge in [-0.25, -0.2) is 0 Å². The fraction of sp³-hybridized carbons (Fsp3) is 0.750. The van der Waals surface area contributed by atoms with Crippen molar-refractivity contribution in [3.05, 3.63) is 12.7 Å². The van der Waals surface area contributed by atoms with Gasteiger partial charge in [0.05, 0.1) is 6.10 Å². The summed E-state index contributed by atoms with van der Waals surface area (Å²) < 4.78 is 0. The highest BCUT2D eigenvalue weighted by atomic mass is 16.3. The van der Waals surface area contributed by atoms with E-state index < -0.39 is 0 Å². The molecule has 1 heteroatoms. The maximum atomic E-state index is 9.29. The lowest BCUT2D eigenvalue weighted by atomic mass is 10.1. The van der Waals surface area contributed by atoms with Gasteiger partial charge in [-0.15, -0.1) is 6.58 Å². The zero-order valence-corrected chi connectivity index (χ0v) is 5.88. The lowest BCUT2D eigenvalue weighted by molar-refractivity contribution is 0.149. The number of aliphatic hydroxyl groups excluding tert-OH is 1. The fourth-order valence-electron chi connectivity index (χ4n) is 1.23. The van der Waals surface area contributed by atoms with Crippen LogP contribution in [0.4, 0.5) is 0 Å². The quantitative estimate of drug-likeness (QED) is 0.569. The van der Waals surface area contributed by atoms with E-state index in [2.05, 4.69) is 13.5 Å². The van der Waals surface area contributed by atoms with Crippen molar-refractivity contribution in [1.82, 2.24) is 0 Å². The third kappa shape index (κ3) is 1.55. The fourth-order valence-corrected chi connectivity index (χ4v) is 1.23. The molecule has 0 aromatic heterocycles. The zero-order chi connectivity index (χ0) is 6.85. The molecule has 0 bridgehead atoms. The van der Waals surface area contributed by atoms with Gasteiger partial charge in [0.1, 0.15) is 0 Å². The van der Waals surface area contributed by atoms with Crippen LogP contribution in [0.5, 0.6) is 0 Å². The highest BCUT2D eigenvalue weighted by molar-refractivity contribution is 4.90. The van der Waals surface area contributed by atoms with E-state index in [1.165, 1.54) is 6.42 Å². The summed E-state index contributed by atoms with van der Waals surface area (Å²) in [6, 6.07) is 0. The van der Waals surface area contributed by atoms with E-state index >= 15 is 0 Å². The van der Waals surface area contributed by atoms with Gasteiger partial charge in [-0.3, -0.25) is 0 Å². The van der Waals surface area contributed by atoms with E-state index in [-0.39, 0.29) is 6.10 Å². The highest BCUT2D eigenvalue weighted by Gasteiger charge is 2.37. The van der Waals surface area contributed by atoms with Crippen LogP contribution in [0.15, 0.2) is 12.7 Å². The topological polar surface area (TPSA) is 20.2 Å². The Balaban J connectivity index is 2.18. The summed E-state index contributed by atoms with van der Waals surface area (Å²) in [6.45, 7) is 5.75. The third-order valence-corrected chi connectivity index (χ3v) is 2.07. The van der Waals surface area contributed by atoms with Gasteiger partial charge in [-0.1, -0.05) is 13.0 Å². The normalized spacial score (nSPS) is 35.8. The van der Waals surface area contributed by atoms with Gasteiger partial charge < -0.3 is 5.11 Å². The average molecular weight is 126 g/mol. The molecule has 1 rings (SSSR count). The van der Waals surface area contributed by atoms with Gasteiger partial charge in [0.2, 0.25) is 0 Å². The monoisotopic (exact) mass is 126 g/mol. The van der Waals surface area contributed by atoms with Crippen LogP contribution in [0.1, 0.15) is 19.8 Å². The second-order valence-corrected chi connectivity index (χ2v) is 2.97. The summed E-state index contributed by atoms with van der Waals surface area (Å²) in [4.78, 5) is 0. The van der Waals surface area contributed by atoms with Crippen molar-refractivity contribution in [1.29, 1.82) is 0 Å². The van der Waals surface area contributed by atoms with Gasteiger partial charge in [-0.2, -0.15) is 0 Å². The Morgan fingerprint density at radius 1 is 1.89 bits per heavy atom. The number of rotatable bonds is 3. The van der Waals surface area contributed by atoms with Crippen molar-refractivity contribution in [3.63, 3.8) is 0 Å². The van der Waals surface area contributed by atoms with E-state index in [0.29, 0.717) is 5.92 Å². The molecule has 0 unspecified atom stereocenters. The maximum absolute atomic E-state index is 9.29. The van der Waals surface area contributed by atoms with E-state index in [0.717, 1.165) is 12.3 Å². The second kappa shape index (κ2) is 2.53. The standard InChI is InChI=1S/C8H14O/c1-3-4-8(9)7-5-6(7)2/h3,6-9H,1,4-5H2,2H3/t6-,7-,8-/m1/s1. The van der Waals surface area contributed by atoms with Crippen LogP contribution in [0.25, 0.3) is 0 Å². The van der Waals surface area contributed by atoms with Crippen molar-refractivity contribution in [2.24, 2.45) is 11.8 Å². The van der Waals surface area contributed by atoms with E-state index in [4.69, 9.17) is 0 Å². The summed E-state index contributed by atoms with van der Waals surface area (Å²) in [7, 11) is 0. The summed E-state index contributed by atoms with van der Waals surface area (Å²) in [5.41, 5.74) is 0. The van der Waals surface area contributed by atoms with Crippen molar-refractivity contribution in [2.45, 2.75) is 25.9 Å². The third-order valence-electron chi connectivity index (χ3n) is 2.07. The average Bonchev–Trinajstić information content (AvgIpc) is 2.47. The lowest BCUT2D eigenvalue weighted by Gasteiger charge is -2.03. The molecular formula is C8H14O. The molecule has 0 radical (unpaired) electrons. The summed E-state index contributed by atoms with van der Waals surface area (Å²) in [5.74, 6) is 1.32. The lowest BCUT2D eigenvalue weighted by Crippen LogP contribution is -2.08. The molecule has 0 heterocycles. The smallest absolute Gasteiger partial charge is 0.0605 e. The predicted octanol–water partition coefficient (Wildman–Crippen LogP) is 1.58. The Labute approximate surface area is 56.4 Å². The van der Waals surface area contributed by atoms with Crippen LogP contribution < -0.4 is 0 Å². The molecule has 0 saturated heterocycles. The molecule has 1 nitrogen and oxygen atoms in total. The van der Waals surface area contributed by atoms with Crippen molar-refractivity contribution >= 4 is 0 Å². The van der Waals surface area contributed by atoms with Gasteiger partial charge in [0.15, 0.2) is 0 Å². The maximum Gasteiger partial charge on any atom is 0.0605 e. The van der Waals surface area contributed by atoms with Crippen molar-refractivity contribution in [3.8, 4) is 0 Å². The molecule has 1 aliphatic rings. The zero-order valence-electron chi connectivity index (χ0n) is 5.88. The molecule has 1 N–H and O–H groups in total. The van der Waals surface area contributed by atoms with Crippen LogP contribution in [-0.2, 0) is 0 Å². The number of hydrogen-bond acceptors (Lipinski definition) is 1. The minimum Gasteiger partial charge on any atom is -0.393 e. The van der Waals surface area contributed by atoms with E-state index in [1.54, 1.807) is 6.08 Å². The SMILES string of the molecule is C=CC[C@@H](O)[C@@H]1C[C@H]1C. The Hall–Kier alpha value is -0.300. The van der Waals surface area contributed by atoms with Crippen LogP contribution in [0.2, 0.25) is 0 Å². The van der Waals surface area contributed by atoms with Gasteiger partial charge in [0, 0.05) is 0 Å². The molecule has 3 atom stereocenters. The van der Waals surface area contributed by atoms with Crippen LogP contribution in [0.3, 0.4) is 0 Å². The number of aliphatic hydroxyl groups is 1. The van der Waals surface area contributed by atoms with Crippen molar-refractivity contribution < 1.29 is 5.11 Å². The first-order chi connectivity index (χ1) is 4.25. The minimum absolute atomic E-state index is 0.113. The molecule has 1 fully saturated rings. The molecule has 0 amide bonds. The first kappa shape index (κ1) is 6.81. The Morgan fingerprint density at radius 2 is 2.44 bits per heavy atom. The molecule has 0 aliphatic heterocycles. The summed E-state index contributed by atoms with van der Waals surface area (Å²) >= 11 is 0. The molecule has 0 spiro atoms. The number of hydrogen-bond donors (Lipinski definition) is 1. The molecular weight excluding hydrogens is 112 g/mol. The van der Waals surface area contributed by atoms with Gasteiger partial charge in [0.25, 0.3) is 0 Å². The second-order valence-electron chi connectivity index (χ2n) is 2.97. The molecule has 9 heavy (non-hydrogen) atoms. The molecule has 52 valence electrons. The highest BCUT2D eigenvalue weighted by Crippen LogP contribution is 2.41. The van der Waals surface area contributed by atoms with E-state index in [9.17, 15) is 5.11 Å². The van der Waals surface area contributed by atoms with Crippen LogP contribution in [-0.4, -0.2) is 11.2 Å². The Morgan fingerprint density at radius 3 is 2.78 bits per heavy atom. The molecule has 0 aromatic rings. The molecule has 1 saturated carbocycles. The molecule has 1 aliphatic carbocycles. The van der Waals surface area contributed by atoms with Gasteiger partial charge in [-0.05, 0) is 24.7 Å². The first-order valence-corrected chi connectivity index (χ1v) is 3.54. The van der Waals surface area contributed by atoms with E-state index in [1.807, 2.05) is 0 Å².